The van der Waals surface area contributed by atoms with Crippen molar-refractivity contribution < 1.29 is 14.0 Å². The summed E-state index contributed by atoms with van der Waals surface area (Å²) in [5.74, 6) is -0.759. The van der Waals surface area contributed by atoms with Crippen LogP contribution in [-0.2, 0) is 4.79 Å². The third-order valence-electron chi connectivity index (χ3n) is 2.23. The van der Waals surface area contributed by atoms with Crippen molar-refractivity contribution in [3.63, 3.8) is 0 Å². The molecule has 0 aliphatic carbocycles. The minimum absolute atomic E-state index is 0.148. The lowest BCUT2D eigenvalue weighted by atomic mass is 10.4. The SMILES string of the molecule is O=C(CNC(=O)c1ccco1)N/N=C/c1ccccn1. The van der Waals surface area contributed by atoms with Gasteiger partial charge in [-0.3, -0.25) is 14.6 Å². The fourth-order valence-corrected chi connectivity index (χ4v) is 1.32. The Morgan fingerprint density at radius 1 is 1.30 bits per heavy atom. The summed E-state index contributed by atoms with van der Waals surface area (Å²) < 4.78 is 4.88. The maximum absolute atomic E-state index is 11.5. The van der Waals surface area contributed by atoms with E-state index in [9.17, 15) is 9.59 Å². The molecule has 0 radical (unpaired) electrons. The number of carbonyl (C=O) groups is 2. The van der Waals surface area contributed by atoms with E-state index >= 15 is 0 Å². The average Bonchev–Trinajstić information content (AvgIpc) is 3.00. The van der Waals surface area contributed by atoms with Crippen LogP contribution in [0.15, 0.2) is 52.3 Å². The second-order valence-corrected chi connectivity index (χ2v) is 3.71. The van der Waals surface area contributed by atoms with Crippen LogP contribution in [0.1, 0.15) is 16.2 Å². The van der Waals surface area contributed by atoms with Gasteiger partial charge < -0.3 is 9.73 Å². The van der Waals surface area contributed by atoms with Gasteiger partial charge in [-0.25, -0.2) is 5.43 Å². The Morgan fingerprint density at radius 2 is 2.20 bits per heavy atom. The molecule has 2 amide bonds. The zero-order chi connectivity index (χ0) is 14.2. The van der Waals surface area contributed by atoms with Crippen LogP contribution in [0, 0.1) is 0 Å². The summed E-state index contributed by atoms with van der Waals surface area (Å²) in [5.41, 5.74) is 2.89. The molecule has 0 unspecified atom stereocenters. The lowest BCUT2D eigenvalue weighted by Gasteiger charge is -2.01. The van der Waals surface area contributed by atoms with Gasteiger partial charge in [-0.05, 0) is 24.3 Å². The predicted molar refractivity (Wildman–Crippen MR) is 71.0 cm³/mol. The number of carbonyl (C=O) groups excluding carboxylic acids is 2. The maximum Gasteiger partial charge on any atom is 0.287 e. The van der Waals surface area contributed by atoms with Gasteiger partial charge in [-0.2, -0.15) is 5.10 Å². The van der Waals surface area contributed by atoms with E-state index in [1.54, 1.807) is 30.5 Å². The Kier molecular flexibility index (Phi) is 4.60. The van der Waals surface area contributed by atoms with Crippen LogP contribution >= 0.6 is 0 Å². The molecule has 102 valence electrons. The quantitative estimate of drug-likeness (QED) is 0.613. The lowest BCUT2D eigenvalue weighted by Crippen LogP contribution is -2.34. The van der Waals surface area contributed by atoms with Crippen molar-refractivity contribution in [2.24, 2.45) is 5.10 Å². The van der Waals surface area contributed by atoms with Gasteiger partial charge >= 0.3 is 0 Å². The van der Waals surface area contributed by atoms with Crippen molar-refractivity contribution in [2.45, 2.75) is 0 Å². The summed E-state index contributed by atoms with van der Waals surface area (Å²) in [6.45, 7) is -0.195. The van der Waals surface area contributed by atoms with Crippen LogP contribution in [-0.4, -0.2) is 29.6 Å². The van der Waals surface area contributed by atoms with E-state index in [4.69, 9.17) is 4.42 Å². The highest BCUT2D eigenvalue weighted by Gasteiger charge is 2.09. The van der Waals surface area contributed by atoms with Crippen molar-refractivity contribution in [1.29, 1.82) is 0 Å². The first-order valence-electron chi connectivity index (χ1n) is 5.80. The summed E-state index contributed by atoms with van der Waals surface area (Å²) in [5, 5.41) is 6.12. The molecular formula is C13H12N4O3. The van der Waals surface area contributed by atoms with Crippen molar-refractivity contribution >= 4 is 18.0 Å². The molecule has 0 bridgehead atoms. The number of aromatic nitrogens is 1. The lowest BCUT2D eigenvalue weighted by molar-refractivity contribution is -0.120. The van der Waals surface area contributed by atoms with Crippen molar-refractivity contribution in [1.82, 2.24) is 15.7 Å². The number of pyridine rings is 1. The Labute approximate surface area is 114 Å². The third kappa shape index (κ3) is 4.05. The van der Waals surface area contributed by atoms with E-state index < -0.39 is 11.8 Å². The number of furan rings is 1. The van der Waals surface area contributed by atoms with Crippen LogP contribution in [0.5, 0.6) is 0 Å². The van der Waals surface area contributed by atoms with Crippen LogP contribution in [0.25, 0.3) is 0 Å². The number of nitrogens with zero attached hydrogens (tertiary/aromatic N) is 2. The van der Waals surface area contributed by atoms with Gasteiger partial charge in [0.1, 0.15) is 0 Å². The molecular weight excluding hydrogens is 260 g/mol. The molecule has 0 atom stereocenters. The van der Waals surface area contributed by atoms with E-state index in [0.717, 1.165) is 0 Å². The standard InChI is InChI=1S/C13H12N4O3/c18-12(9-15-13(19)11-5-3-7-20-11)17-16-8-10-4-1-2-6-14-10/h1-8H,9H2,(H,15,19)(H,17,18)/b16-8+. The molecule has 2 heterocycles. The zero-order valence-corrected chi connectivity index (χ0v) is 10.4. The molecule has 7 heteroatoms. The number of amides is 2. The number of hydrazone groups is 1. The van der Waals surface area contributed by atoms with Crippen LogP contribution in [0.4, 0.5) is 0 Å². The van der Waals surface area contributed by atoms with Crippen molar-refractivity contribution in [2.75, 3.05) is 6.54 Å². The summed E-state index contributed by atoms with van der Waals surface area (Å²) in [6, 6.07) is 8.42. The van der Waals surface area contributed by atoms with Gasteiger partial charge in [-0.1, -0.05) is 6.07 Å². The first kappa shape index (κ1) is 13.5. The van der Waals surface area contributed by atoms with Crippen LogP contribution in [0.3, 0.4) is 0 Å². The van der Waals surface area contributed by atoms with Crippen molar-refractivity contribution in [3.8, 4) is 0 Å². The molecule has 2 aromatic heterocycles. The maximum atomic E-state index is 11.5. The Balaban J connectivity index is 1.73. The van der Waals surface area contributed by atoms with E-state index in [1.807, 2.05) is 0 Å². The highest BCUT2D eigenvalue weighted by molar-refractivity contribution is 5.94. The highest BCUT2D eigenvalue weighted by atomic mass is 16.3. The van der Waals surface area contributed by atoms with Gasteiger partial charge in [0.15, 0.2) is 5.76 Å². The average molecular weight is 272 g/mol. The van der Waals surface area contributed by atoms with Gasteiger partial charge in [0.25, 0.3) is 11.8 Å². The van der Waals surface area contributed by atoms with Gasteiger partial charge in [-0.15, -0.1) is 0 Å². The second kappa shape index (κ2) is 6.83. The molecule has 2 rings (SSSR count). The molecule has 0 aliphatic rings. The van der Waals surface area contributed by atoms with E-state index in [2.05, 4.69) is 20.8 Å². The number of nitrogens with one attached hydrogen (secondary N) is 2. The Bertz CT molecular complexity index is 593. The fourth-order valence-electron chi connectivity index (χ4n) is 1.32. The smallest absolute Gasteiger partial charge is 0.287 e. The number of hydrogen-bond donors (Lipinski definition) is 2. The molecule has 0 saturated carbocycles. The summed E-state index contributed by atoms with van der Waals surface area (Å²) in [4.78, 5) is 26.9. The summed E-state index contributed by atoms with van der Waals surface area (Å²) >= 11 is 0. The van der Waals surface area contributed by atoms with E-state index in [1.165, 1.54) is 18.5 Å². The molecule has 0 saturated heterocycles. The largest absolute Gasteiger partial charge is 0.459 e. The minimum atomic E-state index is -0.459. The minimum Gasteiger partial charge on any atom is -0.459 e. The van der Waals surface area contributed by atoms with Gasteiger partial charge in [0, 0.05) is 6.20 Å². The zero-order valence-electron chi connectivity index (χ0n) is 10.4. The molecule has 20 heavy (non-hydrogen) atoms. The Hall–Kier alpha value is -2.96. The number of hydrogen-bond acceptors (Lipinski definition) is 5. The van der Waals surface area contributed by atoms with E-state index in [-0.39, 0.29) is 12.3 Å². The van der Waals surface area contributed by atoms with Crippen molar-refractivity contribution in [3.05, 3.63) is 54.2 Å². The first-order chi connectivity index (χ1) is 9.75. The molecule has 0 aliphatic heterocycles. The normalized spacial score (nSPS) is 10.4. The molecule has 7 nitrogen and oxygen atoms in total. The van der Waals surface area contributed by atoms with Crippen LogP contribution < -0.4 is 10.7 Å². The molecule has 0 aromatic carbocycles. The predicted octanol–water partition coefficient (Wildman–Crippen LogP) is 0.555. The summed E-state index contributed by atoms with van der Waals surface area (Å²) in [6.07, 6.45) is 4.41. The Morgan fingerprint density at radius 3 is 2.90 bits per heavy atom. The van der Waals surface area contributed by atoms with Crippen LogP contribution in [0.2, 0.25) is 0 Å². The molecule has 2 N–H and O–H groups in total. The third-order valence-corrected chi connectivity index (χ3v) is 2.23. The second-order valence-electron chi connectivity index (χ2n) is 3.71. The highest BCUT2D eigenvalue weighted by Crippen LogP contribution is 1.98. The topological polar surface area (TPSA) is 96.6 Å². The molecule has 0 fully saturated rings. The fraction of sp³-hybridized carbons (Fsp3) is 0.0769. The number of rotatable bonds is 5. The monoisotopic (exact) mass is 272 g/mol. The summed E-state index contributed by atoms with van der Waals surface area (Å²) in [7, 11) is 0. The van der Waals surface area contributed by atoms with Gasteiger partial charge in [0.2, 0.25) is 0 Å². The first-order valence-corrected chi connectivity index (χ1v) is 5.80. The molecule has 2 aromatic rings. The van der Waals surface area contributed by atoms with E-state index in [0.29, 0.717) is 5.69 Å². The van der Waals surface area contributed by atoms with Gasteiger partial charge in [0.05, 0.1) is 24.7 Å². The molecule has 0 spiro atoms.